The van der Waals surface area contributed by atoms with Crippen LogP contribution in [0.4, 0.5) is 5.69 Å². The third-order valence-corrected chi connectivity index (χ3v) is 4.76. The van der Waals surface area contributed by atoms with E-state index in [9.17, 15) is 4.79 Å². The number of rotatable bonds is 6. The zero-order valence-electron chi connectivity index (χ0n) is 15.2. The van der Waals surface area contributed by atoms with Crippen LogP contribution in [0.3, 0.4) is 0 Å². The first kappa shape index (κ1) is 17.3. The zero-order chi connectivity index (χ0) is 18.6. The Morgan fingerprint density at radius 2 is 1.96 bits per heavy atom. The largest absolute Gasteiger partial charge is 0.497 e. The minimum Gasteiger partial charge on any atom is -0.497 e. The molecule has 3 aromatic rings. The van der Waals surface area contributed by atoms with Gasteiger partial charge in [-0.1, -0.05) is 11.2 Å². The van der Waals surface area contributed by atoms with Crippen LogP contribution in [-0.4, -0.2) is 23.2 Å². The number of benzene rings is 2. The van der Waals surface area contributed by atoms with Crippen LogP contribution in [0, 0.1) is 0 Å². The fourth-order valence-corrected chi connectivity index (χ4v) is 3.31. The maximum atomic E-state index is 12.2. The third-order valence-electron chi connectivity index (χ3n) is 4.76. The van der Waals surface area contributed by atoms with Crippen LogP contribution in [0.1, 0.15) is 29.9 Å². The Hall–Kier alpha value is -3.15. The Kier molecular flexibility index (Phi) is 4.87. The average Bonchev–Trinajstić information content (AvgIpc) is 3.35. The van der Waals surface area contributed by atoms with Gasteiger partial charge in [0.2, 0.25) is 17.6 Å². The highest BCUT2D eigenvalue weighted by molar-refractivity contribution is 5.90. The highest BCUT2D eigenvalue weighted by Gasteiger charge is 2.13. The van der Waals surface area contributed by atoms with E-state index in [4.69, 9.17) is 9.26 Å². The summed E-state index contributed by atoms with van der Waals surface area (Å²) in [6.07, 6.45) is 4.12. The Morgan fingerprint density at radius 1 is 1.15 bits per heavy atom. The summed E-state index contributed by atoms with van der Waals surface area (Å²) < 4.78 is 10.4. The number of nitrogens with zero attached hydrogens (tertiary/aromatic N) is 2. The minimum atomic E-state index is -0.0582. The Morgan fingerprint density at radius 3 is 2.78 bits per heavy atom. The van der Waals surface area contributed by atoms with Gasteiger partial charge in [0.1, 0.15) is 5.75 Å². The summed E-state index contributed by atoms with van der Waals surface area (Å²) in [4.78, 5) is 16.6. The molecule has 0 saturated carbocycles. The van der Waals surface area contributed by atoms with Gasteiger partial charge in [-0.15, -0.1) is 0 Å². The molecule has 0 unspecified atom stereocenters. The van der Waals surface area contributed by atoms with E-state index in [1.807, 2.05) is 30.3 Å². The fraction of sp³-hybridized carbons (Fsp3) is 0.286. The zero-order valence-corrected chi connectivity index (χ0v) is 15.2. The molecule has 0 radical (unpaired) electrons. The van der Waals surface area contributed by atoms with Gasteiger partial charge in [0, 0.05) is 24.1 Å². The van der Waals surface area contributed by atoms with Crippen LogP contribution in [0.15, 0.2) is 47.0 Å². The van der Waals surface area contributed by atoms with Gasteiger partial charge in [0.05, 0.1) is 7.11 Å². The van der Waals surface area contributed by atoms with E-state index in [1.54, 1.807) is 7.11 Å². The van der Waals surface area contributed by atoms with Crippen molar-refractivity contribution in [1.82, 2.24) is 10.1 Å². The van der Waals surface area contributed by atoms with Gasteiger partial charge in [-0.25, -0.2) is 0 Å². The highest BCUT2D eigenvalue weighted by Crippen LogP contribution is 2.25. The predicted octanol–water partition coefficient (Wildman–Crippen LogP) is 3.81. The third kappa shape index (κ3) is 4.00. The number of nitrogens with one attached hydrogen (secondary N) is 1. The minimum absolute atomic E-state index is 0.0582. The molecule has 1 heterocycles. The Labute approximate surface area is 157 Å². The van der Waals surface area contributed by atoms with Crippen molar-refractivity contribution >= 4 is 11.6 Å². The summed E-state index contributed by atoms with van der Waals surface area (Å²) in [5, 5.41) is 6.93. The molecule has 0 aliphatic heterocycles. The summed E-state index contributed by atoms with van der Waals surface area (Å²) in [6.45, 7) is 0. The number of ether oxygens (including phenoxy) is 1. The second-order valence-corrected chi connectivity index (χ2v) is 6.63. The summed E-state index contributed by atoms with van der Waals surface area (Å²) in [6, 6.07) is 13.6. The number of amides is 1. The Balaban J connectivity index is 1.33. The molecule has 1 aliphatic rings. The first-order valence-electron chi connectivity index (χ1n) is 9.10. The summed E-state index contributed by atoms with van der Waals surface area (Å²) in [7, 11) is 1.62. The van der Waals surface area contributed by atoms with Crippen molar-refractivity contribution in [3.05, 3.63) is 59.5 Å². The molecule has 0 atom stereocenters. The van der Waals surface area contributed by atoms with Crippen molar-refractivity contribution < 1.29 is 14.1 Å². The molecule has 1 N–H and O–H groups in total. The standard InChI is InChI=1S/C21H21N3O3/c1-26-18-9-6-15(7-10-18)21-23-20(27-24-21)12-11-19(25)22-17-8-5-14-3-2-4-16(14)13-17/h5-10,13H,2-4,11-12H2,1H3,(H,22,25). The average molecular weight is 363 g/mol. The molecule has 1 aromatic heterocycles. The van der Waals surface area contributed by atoms with Crippen LogP contribution >= 0.6 is 0 Å². The number of carbonyl (C=O) groups excluding carboxylic acids is 1. The number of hydrogen-bond donors (Lipinski definition) is 1. The lowest BCUT2D eigenvalue weighted by molar-refractivity contribution is -0.116. The number of aryl methyl sites for hydroxylation is 3. The monoisotopic (exact) mass is 363 g/mol. The number of carbonyl (C=O) groups is 1. The van der Waals surface area contributed by atoms with E-state index >= 15 is 0 Å². The van der Waals surface area contributed by atoms with Gasteiger partial charge in [-0.05, 0) is 66.8 Å². The molecule has 0 saturated heterocycles. The predicted molar refractivity (Wildman–Crippen MR) is 102 cm³/mol. The lowest BCUT2D eigenvalue weighted by Crippen LogP contribution is -2.12. The lowest BCUT2D eigenvalue weighted by atomic mass is 10.1. The van der Waals surface area contributed by atoms with Gasteiger partial charge in [-0.3, -0.25) is 4.79 Å². The number of hydrogen-bond acceptors (Lipinski definition) is 5. The molecule has 6 nitrogen and oxygen atoms in total. The molecule has 6 heteroatoms. The van der Waals surface area contributed by atoms with Crippen molar-refractivity contribution in [2.24, 2.45) is 0 Å². The number of anilines is 1. The van der Waals surface area contributed by atoms with E-state index in [0.717, 1.165) is 29.8 Å². The van der Waals surface area contributed by atoms with Gasteiger partial charge >= 0.3 is 0 Å². The first-order chi connectivity index (χ1) is 13.2. The molecule has 2 aromatic carbocycles. The second-order valence-electron chi connectivity index (χ2n) is 6.63. The second kappa shape index (κ2) is 7.61. The lowest BCUT2D eigenvalue weighted by Gasteiger charge is -2.06. The molecular weight excluding hydrogens is 342 g/mol. The molecule has 4 rings (SSSR count). The van der Waals surface area contributed by atoms with Crippen molar-refractivity contribution in [3.8, 4) is 17.1 Å². The van der Waals surface area contributed by atoms with Gasteiger partial charge in [0.15, 0.2) is 0 Å². The van der Waals surface area contributed by atoms with E-state index in [0.29, 0.717) is 24.6 Å². The topological polar surface area (TPSA) is 77.2 Å². The van der Waals surface area contributed by atoms with Crippen molar-refractivity contribution in [2.45, 2.75) is 32.1 Å². The number of methoxy groups -OCH3 is 1. The first-order valence-corrected chi connectivity index (χ1v) is 9.10. The van der Waals surface area contributed by atoms with Crippen molar-refractivity contribution in [3.63, 3.8) is 0 Å². The van der Waals surface area contributed by atoms with E-state index in [-0.39, 0.29) is 5.91 Å². The van der Waals surface area contributed by atoms with Crippen LogP contribution < -0.4 is 10.1 Å². The molecule has 138 valence electrons. The van der Waals surface area contributed by atoms with Crippen LogP contribution in [0.2, 0.25) is 0 Å². The number of fused-ring (bicyclic) bond motifs is 1. The van der Waals surface area contributed by atoms with Crippen molar-refractivity contribution in [2.75, 3.05) is 12.4 Å². The van der Waals surface area contributed by atoms with E-state index < -0.39 is 0 Å². The summed E-state index contributed by atoms with van der Waals surface area (Å²) >= 11 is 0. The summed E-state index contributed by atoms with van der Waals surface area (Å²) in [5.74, 6) is 1.67. The summed E-state index contributed by atoms with van der Waals surface area (Å²) in [5.41, 5.74) is 4.43. The van der Waals surface area contributed by atoms with Gasteiger partial charge in [-0.2, -0.15) is 4.98 Å². The van der Waals surface area contributed by atoms with Gasteiger partial charge < -0.3 is 14.6 Å². The Bertz CT molecular complexity index is 948. The smallest absolute Gasteiger partial charge is 0.227 e. The molecular formula is C21H21N3O3. The van der Waals surface area contributed by atoms with Crippen LogP contribution in [0.5, 0.6) is 5.75 Å². The molecule has 1 aliphatic carbocycles. The SMILES string of the molecule is COc1ccc(-c2noc(CCC(=O)Nc3ccc4c(c3)CCC4)n2)cc1. The highest BCUT2D eigenvalue weighted by atomic mass is 16.5. The quantitative estimate of drug-likeness (QED) is 0.721. The number of aromatic nitrogens is 2. The molecule has 0 fully saturated rings. The van der Waals surface area contributed by atoms with Gasteiger partial charge in [0.25, 0.3) is 0 Å². The molecule has 0 bridgehead atoms. The normalized spacial score (nSPS) is 12.6. The maximum Gasteiger partial charge on any atom is 0.227 e. The van der Waals surface area contributed by atoms with E-state index in [1.165, 1.54) is 17.5 Å². The molecule has 1 amide bonds. The van der Waals surface area contributed by atoms with E-state index in [2.05, 4.69) is 27.6 Å². The molecule has 27 heavy (non-hydrogen) atoms. The fourth-order valence-electron chi connectivity index (χ4n) is 3.31. The maximum absolute atomic E-state index is 12.2. The van der Waals surface area contributed by atoms with Crippen molar-refractivity contribution in [1.29, 1.82) is 0 Å². The molecule has 0 spiro atoms. The van der Waals surface area contributed by atoms with Crippen LogP contribution in [0.25, 0.3) is 11.4 Å². The van der Waals surface area contributed by atoms with Crippen LogP contribution in [-0.2, 0) is 24.1 Å².